The number of thioether (sulfide) groups is 1. The number of carbonyl (C=O) groups is 1. The highest BCUT2D eigenvalue weighted by Crippen LogP contribution is 2.35. The highest BCUT2D eigenvalue weighted by Gasteiger charge is 2.34. The number of aromatic nitrogens is 2. The van der Waals surface area contributed by atoms with Crippen LogP contribution < -0.4 is 10.5 Å². The number of hydrogen-bond acceptors (Lipinski definition) is 6. The molecule has 2 aromatic rings. The summed E-state index contributed by atoms with van der Waals surface area (Å²) >= 11 is 6.91. The Bertz CT molecular complexity index is 1200. The smallest absolute Gasteiger partial charge is 0.267 e. The molecule has 4 heterocycles. The van der Waals surface area contributed by atoms with E-state index in [-0.39, 0.29) is 11.5 Å². The van der Waals surface area contributed by atoms with Crippen LogP contribution in [0.2, 0.25) is 0 Å². The molecule has 1 unspecified atom stereocenters. The SMILES string of the molecule is CCCCC(CC)CN1C(=O)/C(=C\c2c(N3CCC(C)CC3)nc3c(C)cccn3c2=O)SC1=S. The van der Waals surface area contributed by atoms with Gasteiger partial charge in [0.25, 0.3) is 11.5 Å². The molecule has 0 spiro atoms. The molecule has 2 fully saturated rings. The zero-order chi connectivity index (χ0) is 25.1. The third-order valence-corrected chi connectivity index (χ3v) is 8.66. The highest BCUT2D eigenvalue weighted by molar-refractivity contribution is 8.26. The van der Waals surface area contributed by atoms with Crippen LogP contribution in [0.4, 0.5) is 5.82 Å². The van der Waals surface area contributed by atoms with Crippen molar-refractivity contribution in [2.24, 2.45) is 11.8 Å². The molecule has 0 aliphatic carbocycles. The third-order valence-electron chi connectivity index (χ3n) is 7.28. The van der Waals surface area contributed by atoms with Gasteiger partial charge in [0.15, 0.2) is 0 Å². The molecular formula is C27H36N4O2S2. The van der Waals surface area contributed by atoms with Crippen molar-refractivity contribution in [3.63, 3.8) is 0 Å². The van der Waals surface area contributed by atoms with Crippen LogP contribution in [-0.4, -0.2) is 44.1 Å². The van der Waals surface area contributed by atoms with Crippen molar-refractivity contribution in [2.45, 2.75) is 66.2 Å². The number of piperidine rings is 1. The van der Waals surface area contributed by atoms with E-state index in [1.807, 2.05) is 19.1 Å². The molecule has 6 nitrogen and oxygen atoms in total. The summed E-state index contributed by atoms with van der Waals surface area (Å²) < 4.78 is 2.17. The van der Waals surface area contributed by atoms with E-state index in [0.29, 0.717) is 44.6 Å². The van der Waals surface area contributed by atoms with Gasteiger partial charge in [0.2, 0.25) is 0 Å². The van der Waals surface area contributed by atoms with Gasteiger partial charge in [-0.15, -0.1) is 0 Å². The van der Waals surface area contributed by atoms with Gasteiger partial charge in [0, 0.05) is 25.8 Å². The Balaban J connectivity index is 1.73. The van der Waals surface area contributed by atoms with Crippen LogP contribution in [0.1, 0.15) is 70.4 Å². The first-order chi connectivity index (χ1) is 16.8. The summed E-state index contributed by atoms with van der Waals surface area (Å²) in [5.74, 6) is 1.67. The molecule has 0 radical (unpaired) electrons. The Hall–Kier alpha value is -2.19. The number of pyridine rings is 1. The summed E-state index contributed by atoms with van der Waals surface area (Å²) in [6.45, 7) is 10.9. The second-order valence-electron chi connectivity index (χ2n) is 9.92. The van der Waals surface area contributed by atoms with E-state index >= 15 is 0 Å². The fourth-order valence-corrected chi connectivity index (χ4v) is 6.11. The van der Waals surface area contributed by atoms with Gasteiger partial charge >= 0.3 is 0 Å². The second kappa shape index (κ2) is 11.2. The number of unbranched alkanes of at least 4 members (excludes halogenated alkanes) is 1. The van der Waals surface area contributed by atoms with Crippen molar-refractivity contribution < 1.29 is 4.79 Å². The van der Waals surface area contributed by atoms with Crippen molar-refractivity contribution in [2.75, 3.05) is 24.5 Å². The summed E-state index contributed by atoms with van der Waals surface area (Å²) in [4.78, 5) is 36.5. The quantitative estimate of drug-likeness (QED) is 0.336. The molecule has 1 atom stereocenters. The number of thiocarbonyl (C=S) groups is 1. The maximum absolute atomic E-state index is 13.7. The number of carbonyl (C=O) groups excluding carboxylic acids is 1. The van der Waals surface area contributed by atoms with Gasteiger partial charge in [-0.25, -0.2) is 4.98 Å². The van der Waals surface area contributed by atoms with Crippen molar-refractivity contribution in [1.82, 2.24) is 14.3 Å². The summed E-state index contributed by atoms with van der Waals surface area (Å²) in [7, 11) is 0. The maximum atomic E-state index is 13.7. The first kappa shape index (κ1) is 25.9. The predicted molar refractivity (Wildman–Crippen MR) is 150 cm³/mol. The number of hydrogen-bond donors (Lipinski definition) is 0. The lowest BCUT2D eigenvalue weighted by molar-refractivity contribution is -0.122. The summed E-state index contributed by atoms with van der Waals surface area (Å²) in [6.07, 6.45) is 10.0. The van der Waals surface area contributed by atoms with Gasteiger partial charge in [-0.1, -0.05) is 70.1 Å². The van der Waals surface area contributed by atoms with Gasteiger partial charge in [-0.2, -0.15) is 0 Å². The monoisotopic (exact) mass is 512 g/mol. The molecule has 188 valence electrons. The van der Waals surface area contributed by atoms with Crippen molar-refractivity contribution in [3.05, 3.63) is 44.7 Å². The van der Waals surface area contributed by atoms with Crippen LogP contribution >= 0.6 is 24.0 Å². The Morgan fingerprint density at radius 3 is 2.69 bits per heavy atom. The lowest BCUT2D eigenvalue weighted by atomic mass is 9.98. The van der Waals surface area contributed by atoms with Gasteiger partial charge < -0.3 is 4.90 Å². The van der Waals surface area contributed by atoms with Crippen molar-refractivity contribution in [1.29, 1.82) is 0 Å². The molecule has 2 saturated heterocycles. The maximum Gasteiger partial charge on any atom is 0.267 e. The minimum absolute atomic E-state index is 0.0955. The van der Waals surface area contributed by atoms with E-state index in [1.54, 1.807) is 21.6 Å². The highest BCUT2D eigenvalue weighted by atomic mass is 32.2. The molecule has 2 aliphatic heterocycles. The summed E-state index contributed by atoms with van der Waals surface area (Å²) in [5, 5.41) is 0. The summed E-state index contributed by atoms with van der Waals surface area (Å²) in [6, 6.07) is 3.83. The van der Waals surface area contributed by atoms with E-state index in [1.165, 1.54) is 11.8 Å². The van der Waals surface area contributed by atoms with E-state index in [4.69, 9.17) is 17.2 Å². The number of nitrogens with zero attached hydrogens (tertiary/aromatic N) is 4. The first-order valence-corrected chi connectivity index (χ1v) is 14.1. The molecule has 0 aromatic carbocycles. The molecule has 4 rings (SSSR count). The Kier molecular flexibility index (Phi) is 8.32. The summed E-state index contributed by atoms with van der Waals surface area (Å²) in [5.41, 5.74) is 1.94. The number of aryl methyl sites for hydroxylation is 1. The second-order valence-corrected chi connectivity index (χ2v) is 11.6. The van der Waals surface area contributed by atoms with Crippen LogP contribution in [-0.2, 0) is 4.79 Å². The Morgan fingerprint density at radius 2 is 2.00 bits per heavy atom. The van der Waals surface area contributed by atoms with Gasteiger partial charge in [-0.3, -0.25) is 18.9 Å². The van der Waals surface area contributed by atoms with Crippen LogP contribution in [0.5, 0.6) is 0 Å². The molecule has 0 bridgehead atoms. The van der Waals surface area contributed by atoms with Gasteiger partial charge in [0.1, 0.15) is 15.8 Å². The van der Waals surface area contributed by atoms with Gasteiger partial charge in [-0.05, 0) is 55.7 Å². The normalized spacial score (nSPS) is 19.4. The topological polar surface area (TPSA) is 57.9 Å². The standard InChI is InChI=1S/C27H36N4O2S2/c1-5-7-10-20(6-2)17-31-26(33)22(35-27(31)34)16-21-24(29-14-11-18(3)12-15-29)28-23-19(4)9-8-13-30(23)25(21)32/h8-9,13,16,18,20H,5-7,10-12,14-15,17H2,1-4H3/b22-16+. The number of anilines is 1. The average molecular weight is 513 g/mol. The molecule has 35 heavy (non-hydrogen) atoms. The molecule has 0 N–H and O–H groups in total. The zero-order valence-corrected chi connectivity index (χ0v) is 22.9. The Labute approximate surface area is 217 Å². The Morgan fingerprint density at radius 1 is 1.26 bits per heavy atom. The van der Waals surface area contributed by atoms with Crippen LogP contribution in [0.15, 0.2) is 28.0 Å². The van der Waals surface area contributed by atoms with Crippen LogP contribution in [0.3, 0.4) is 0 Å². The number of fused-ring (bicyclic) bond motifs is 1. The zero-order valence-electron chi connectivity index (χ0n) is 21.2. The fourth-order valence-electron chi connectivity index (χ4n) is 4.85. The van der Waals surface area contributed by atoms with Crippen molar-refractivity contribution in [3.8, 4) is 0 Å². The number of rotatable bonds is 8. The first-order valence-electron chi connectivity index (χ1n) is 12.9. The van der Waals surface area contributed by atoms with Crippen molar-refractivity contribution >= 4 is 51.7 Å². The molecular weight excluding hydrogens is 476 g/mol. The predicted octanol–water partition coefficient (Wildman–Crippen LogP) is 5.66. The fraction of sp³-hybridized carbons (Fsp3) is 0.556. The van der Waals surface area contributed by atoms with E-state index in [9.17, 15) is 9.59 Å². The lowest BCUT2D eigenvalue weighted by Crippen LogP contribution is -2.36. The van der Waals surface area contributed by atoms with E-state index < -0.39 is 0 Å². The molecule has 2 aromatic heterocycles. The van der Waals surface area contributed by atoms with E-state index in [0.717, 1.165) is 57.2 Å². The molecule has 2 aliphatic rings. The van der Waals surface area contributed by atoms with Crippen LogP contribution in [0, 0.1) is 18.8 Å². The van der Waals surface area contributed by atoms with Crippen LogP contribution in [0.25, 0.3) is 11.7 Å². The molecule has 1 amide bonds. The largest absolute Gasteiger partial charge is 0.356 e. The minimum atomic E-state index is -0.146. The molecule has 8 heteroatoms. The lowest BCUT2D eigenvalue weighted by Gasteiger charge is -2.32. The minimum Gasteiger partial charge on any atom is -0.356 e. The number of amides is 1. The van der Waals surface area contributed by atoms with Gasteiger partial charge in [0.05, 0.1) is 10.5 Å². The molecule has 0 saturated carbocycles. The van der Waals surface area contributed by atoms with E-state index in [2.05, 4.69) is 25.7 Å². The average Bonchev–Trinajstić information content (AvgIpc) is 3.11. The third kappa shape index (κ3) is 5.48.